The normalized spacial score (nSPS) is 10.9. The number of nitrogens with zero attached hydrogens (tertiary/aromatic N) is 1. The van der Waals surface area contributed by atoms with Crippen LogP contribution in [0.15, 0.2) is 60.9 Å². The van der Waals surface area contributed by atoms with Crippen LogP contribution in [0.4, 0.5) is 4.39 Å². The number of methoxy groups -OCH3 is 1. The molecule has 0 aliphatic rings. The molecule has 0 bridgehead atoms. The molecule has 146 valence electrons. The van der Waals surface area contributed by atoms with Gasteiger partial charge in [0.1, 0.15) is 18.1 Å². The van der Waals surface area contributed by atoms with Gasteiger partial charge < -0.3 is 14.5 Å². The van der Waals surface area contributed by atoms with Gasteiger partial charge in [0.25, 0.3) is 0 Å². The van der Waals surface area contributed by atoms with Gasteiger partial charge in [-0.05, 0) is 35.9 Å². The van der Waals surface area contributed by atoms with Gasteiger partial charge in [0.05, 0.1) is 12.7 Å². The highest BCUT2D eigenvalue weighted by Crippen LogP contribution is 2.32. The summed E-state index contributed by atoms with van der Waals surface area (Å²) < 4.78 is 25.8. The fourth-order valence-electron chi connectivity index (χ4n) is 3.01. The lowest BCUT2D eigenvalue weighted by Gasteiger charge is -2.13. The van der Waals surface area contributed by atoms with Crippen molar-refractivity contribution in [2.75, 3.05) is 7.11 Å². The van der Waals surface area contributed by atoms with Crippen LogP contribution >= 0.6 is 11.6 Å². The SMILES string of the molecule is COc1cc(C(=O)c2c[nH]c3ncccc23)c(F)cc1OCc1ccc(Cl)cc1. The molecule has 0 fully saturated rings. The Kier molecular flexibility index (Phi) is 5.18. The summed E-state index contributed by atoms with van der Waals surface area (Å²) in [7, 11) is 1.44. The van der Waals surface area contributed by atoms with Crippen LogP contribution in [-0.2, 0) is 6.61 Å². The minimum absolute atomic E-state index is 0.106. The van der Waals surface area contributed by atoms with E-state index in [-0.39, 0.29) is 23.7 Å². The van der Waals surface area contributed by atoms with Crippen LogP contribution in [0, 0.1) is 5.82 Å². The number of carbonyl (C=O) groups excluding carboxylic acids is 1. The third-order valence-corrected chi connectivity index (χ3v) is 4.75. The zero-order chi connectivity index (χ0) is 20.4. The van der Waals surface area contributed by atoms with E-state index < -0.39 is 11.6 Å². The molecular formula is C22H16ClFN2O3. The Morgan fingerprint density at radius 1 is 1.14 bits per heavy atom. The molecule has 0 unspecified atom stereocenters. The molecule has 0 radical (unpaired) electrons. The number of hydrogen-bond donors (Lipinski definition) is 1. The molecule has 2 heterocycles. The second-order valence-electron chi connectivity index (χ2n) is 6.33. The summed E-state index contributed by atoms with van der Waals surface area (Å²) in [5.41, 5.74) is 1.66. The number of ether oxygens (including phenoxy) is 2. The first-order valence-corrected chi connectivity index (χ1v) is 9.16. The van der Waals surface area contributed by atoms with Crippen molar-refractivity contribution in [2.24, 2.45) is 0 Å². The van der Waals surface area contributed by atoms with Gasteiger partial charge >= 0.3 is 0 Å². The molecular weight excluding hydrogens is 395 g/mol. The summed E-state index contributed by atoms with van der Waals surface area (Å²) in [4.78, 5) is 20.0. The van der Waals surface area contributed by atoms with Crippen LogP contribution in [0.3, 0.4) is 0 Å². The summed E-state index contributed by atoms with van der Waals surface area (Å²) in [6, 6.07) is 13.1. The van der Waals surface area contributed by atoms with E-state index >= 15 is 0 Å². The summed E-state index contributed by atoms with van der Waals surface area (Å²) >= 11 is 5.87. The van der Waals surface area contributed by atoms with Gasteiger partial charge in [-0.25, -0.2) is 9.37 Å². The lowest BCUT2D eigenvalue weighted by molar-refractivity contribution is 0.103. The molecule has 0 amide bonds. The molecule has 7 heteroatoms. The molecule has 4 aromatic rings. The third-order valence-electron chi connectivity index (χ3n) is 4.50. The second-order valence-corrected chi connectivity index (χ2v) is 6.77. The molecule has 0 atom stereocenters. The maximum absolute atomic E-state index is 14.8. The maximum Gasteiger partial charge on any atom is 0.198 e. The number of aromatic nitrogens is 2. The predicted octanol–water partition coefficient (Wildman–Crippen LogP) is 5.17. The zero-order valence-corrected chi connectivity index (χ0v) is 16.2. The van der Waals surface area contributed by atoms with Crippen molar-refractivity contribution in [3.05, 3.63) is 88.5 Å². The Hall–Kier alpha value is -3.38. The molecule has 0 spiro atoms. The first-order chi connectivity index (χ1) is 14.1. The Balaban J connectivity index is 1.63. The largest absolute Gasteiger partial charge is 0.493 e. The minimum atomic E-state index is -0.694. The molecule has 1 N–H and O–H groups in total. The van der Waals surface area contributed by atoms with Crippen molar-refractivity contribution in [2.45, 2.75) is 6.61 Å². The number of carbonyl (C=O) groups is 1. The lowest BCUT2D eigenvalue weighted by Crippen LogP contribution is -2.06. The number of rotatable bonds is 6. The van der Waals surface area contributed by atoms with Gasteiger partial charge in [0.15, 0.2) is 17.3 Å². The number of fused-ring (bicyclic) bond motifs is 1. The molecule has 0 saturated carbocycles. The van der Waals surface area contributed by atoms with E-state index in [1.54, 1.807) is 30.5 Å². The van der Waals surface area contributed by atoms with Gasteiger partial charge in [0, 0.05) is 34.4 Å². The van der Waals surface area contributed by atoms with E-state index in [0.717, 1.165) is 11.6 Å². The first kappa shape index (κ1) is 19.0. The number of aromatic amines is 1. The summed E-state index contributed by atoms with van der Waals surface area (Å²) in [6.07, 6.45) is 3.14. The summed E-state index contributed by atoms with van der Waals surface area (Å²) in [5, 5.41) is 1.24. The highest BCUT2D eigenvalue weighted by molar-refractivity contribution is 6.30. The van der Waals surface area contributed by atoms with Crippen LogP contribution in [0.1, 0.15) is 21.5 Å². The van der Waals surface area contributed by atoms with Crippen LogP contribution in [0.2, 0.25) is 5.02 Å². The minimum Gasteiger partial charge on any atom is -0.493 e. The van der Waals surface area contributed by atoms with Crippen molar-refractivity contribution in [3.8, 4) is 11.5 Å². The molecule has 0 aliphatic carbocycles. The zero-order valence-electron chi connectivity index (χ0n) is 15.4. The third kappa shape index (κ3) is 3.79. The van der Waals surface area contributed by atoms with Gasteiger partial charge in [-0.2, -0.15) is 0 Å². The lowest BCUT2D eigenvalue weighted by atomic mass is 10.0. The topological polar surface area (TPSA) is 64.2 Å². The molecule has 4 rings (SSSR count). The summed E-state index contributed by atoms with van der Waals surface area (Å²) in [6.45, 7) is 0.203. The highest BCUT2D eigenvalue weighted by atomic mass is 35.5. The number of ketones is 1. The number of H-pyrrole nitrogens is 1. The average Bonchev–Trinajstić information content (AvgIpc) is 3.17. The second kappa shape index (κ2) is 7.93. The Morgan fingerprint density at radius 3 is 2.69 bits per heavy atom. The van der Waals surface area contributed by atoms with E-state index in [2.05, 4.69) is 9.97 Å². The quantitative estimate of drug-likeness (QED) is 0.445. The summed E-state index contributed by atoms with van der Waals surface area (Å²) in [5.74, 6) is -0.691. The molecule has 29 heavy (non-hydrogen) atoms. The average molecular weight is 411 g/mol. The molecule has 0 saturated heterocycles. The van der Waals surface area contributed by atoms with Crippen LogP contribution < -0.4 is 9.47 Å². The number of nitrogens with one attached hydrogen (secondary N) is 1. The van der Waals surface area contributed by atoms with E-state index in [1.165, 1.54) is 19.4 Å². The number of pyridine rings is 1. The molecule has 2 aromatic heterocycles. The predicted molar refractivity (Wildman–Crippen MR) is 108 cm³/mol. The first-order valence-electron chi connectivity index (χ1n) is 8.78. The van der Waals surface area contributed by atoms with Crippen molar-refractivity contribution >= 4 is 28.4 Å². The van der Waals surface area contributed by atoms with Gasteiger partial charge in [-0.15, -0.1) is 0 Å². The number of benzene rings is 2. The van der Waals surface area contributed by atoms with E-state index in [0.29, 0.717) is 21.6 Å². The fraction of sp³-hybridized carbons (Fsp3) is 0.0909. The van der Waals surface area contributed by atoms with E-state index in [1.807, 2.05) is 12.1 Å². The molecule has 2 aromatic carbocycles. The Bertz CT molecular complexity index is 1190. The fourth-order valence-corrected chi connectivity index (χ4v) is 3.14. The van der Waals surface area contributed by atoms with Crippen LogP contribution in [-0.4, -0.2) is 22.9 Å². The maximum atomic E-state index is 14.8. The van der Waals surface area contributed by atoms with Crippen LogP contribution in [0.25, 0.3) is 11.0 Å². The molecule has 0 aliphatic heterocycles. The number of hydrogen-bond acceptors (Lipinski definition) is 4. The van der Waals surface area contributed by atoms with E-state index in [9.17, 15) is 9.18 Å². The van der Waals surface area contributed by atoms with Gasteiger partial charge in [0.2, 0.25) is 0 Å². The number of halogens is 2. The Labute approximate surface area is 171 Å². The smallest absolute Gasteiger partial charge is 0.198 e. The van der Waals surface area contributed by atoms with Crippen molar-refractivity contribution in [3.63, 3.8) is 0 Å². The van der Waals surface area contributed by atoms with E-state index in [4.69, 9.17) is 21.1 Å². The van der Waals surface area contributed by atoms with Gasteiger partial charge in [-0.1, -0.05) is 23.7 Å². The van der Waals surface area contributed by atoms with Crippen molar-refractivity contribution in [1.29, 1.82) is 0 Å². The van der Waals surface area contributed by atoms with Gasteiger partial charge in [-0.3, -0.25) is 4.79 Å². The monoisotopic (exact) mass is 410 g/mol. The molecule has 5 nitrogen and oxygen atoms in total. The highest BCUT2D eigenvalue weighted by Gasteiger charge is 2.21. The Morgan fingerprint density at radius 2 is 1.93 bits per heavy atom. The van der Waals surface area contributed by atoms with Crippen LogP contribution in [0.5, 0.6) is 11.5 Å². The van der Waals surface area contributed by atoms with Crippen molar-refractivity contribution in [1.82, 2.24) is 9.97 Å². The van der Waals surface area contributed by atoms with Crippen molar-refractivity contribution < 1.29 is 18.7 Å². The standard InChI is InChI=1S/C22H16ClFN2O3/c1-28-19-9-16(21(27)17-11-26-22-15(17)3-2-8-25-22)18(24)10-20(19)29-12-13-4-6-14(23)7-5-13/h2-11H,12H2,1H3,(H,25,26).